The SMILES string of the molecule is Cc1ccc2nc(Cn3ccc4c(-c5ccc(C(=O)N6CCOCC6)cc5)cncc4c3=O)cn2c1. The molecule has 1 fully saturated rings. The highest BCUT2D eigenvalue weighted by molar-refractivity contribution is 5.97. The molecule has 180 valence electrons. The van der Waals surface area contributed by atoms with Crippen LogP contribution >= 0.6 is 0 Å². The van der Waals surface area contributed by atoms with Crippen molar-refractivity contribution in [3.05, 3.63) is 101 Å². The van der Waals surface area contributed by atoms with Crippen LogP contribution < -0.4 is 5.56 Å². The molecule has 6 rings (SSSR count). The third-order valence-electron chi connectivity index (χ3n) is 6.62. The molecule has 4 aromatic heterocycles. The highest BCUT2D eigenvalue weighted by atomic mass is 16.5. The fourth-order valence-electron chi connectivity index (χ4n) is 4.71. The molecular formula is C28H25N5O3. The van der Waals surface area contributed by atoms with Gasteiger partial charge in [-0.2, -0.15) is 0 Å². The number of nitrogens with zero attached hydrogens (tertiary/aromatic N) is 5. The molecule has 0 aliphatic carbocycles. The van der Waals surface area contributed by atoms with Gasteiger partial charge in [0.1, 0.15) is 5.65 Å². The molecule has 0 bridgehead atoms. The standard InChI is InChI=1S/C28H25N5O3/c1-19-2-7-26-30-22(18-33(26)16-19)17-32-9-8-23-24(14-29-15-25(23)28(32)35)20-3-5-21(6-4-20)27(34)31-10-12-36-13-11-31/h2-9,14-16,18H,10-13,17H2,1H3. The van der Waals surface area contributed by atoms with Gasteiger partial charge in [-0.1, -0.05) is 18.2 Å². The Morgan fingerprint density at radius 3 is 2.58 bits per heavy atom. The highest BCUT2D eigenvalue weighted by Crippen LogP contribution is 2.27. The van der Waals surface area contributed by atoms with Gasteiger partial charge in [0, 0.05) is 55.2 Å². The van der Waals surface area contributed by atoms with Crippen molar-refractivity contribution < 1.29 is 9.53 Å². The number of imidazole rings is 1. The first-order chi connectivity index (χ1) is 17.6. The number of amides is 1. The zero-order valence-electron chi connectivity index (χ0n) is 19.9. The van der Waals surface area contributed by atoms with E-state index in [0.29, 0.717) is 43.8 Å². The average Bonchev–Trinajstić information content (AvgIpc) is 3.31. The topological polar surface area (TPSA) is 81.7 Å². The lowest BCUT2D eigenvalue weighted by Gasteiger charge is -2.26. The van der Waals surface area contributed by atoms with Crippen molar-refractivity contribution in [3.8, 4) is 11.1 Å². The summed E-state index contributed by atoms with van der Waals surface area (Å²) in [6.07, 6.45) is 9.15. The lowest BCUT2D eigenvalue weighted by molar-refractivity contribution is 0.0303. The van der Waals surface area contributed by atoms with Crippen LogP contribution in [-0.4, -0.2) is 56.0 Å². The number of pyridine rings is 3. The minimum Gasteiger partial charge on any atom is -0.378 e. The number of rotatable bonds is 4. The second-order valence-corrected chi connectivity index (χ2v) is 9.08. The molecule has 0 saturated carbocycles. The molecule has 8 nitrogen and oxygen atoms in total. The number of carbonyl (C=O) groups is 1. The number of aryl methyl sites for hydroxylation is 1. The van der Waals surface area contributed by atoms with Crippen LogP contribution in [0.1, 0.15) is 21.6 Å². The zero-order chi connectivity index (χ0) is 24.6. The van der Waals surface area contributed by atoms with Crippen LogP contribution in [0, 0.1) is 6.92 Å². The van der Waals surface area contributed by atoms with E-state index in [4.69, 9.17) is 4.74 Å². The maximum atomic E-state index is 13.3. The molecule has 1 amide bonds. The Kier molecular flexibility index (Phi) is 5.58. The average molecular weight is 480 g/mol. The molecule has 36 heavy (non-hydrogen) atoms. The summed E-state index contributed by atoms with van der Waals surface area (Å²) in [7, 11) is 0. The molecule has 0 N–H and O–H groups in total. The Bertz CT molecular complexity index is 1650. The molecule has 1 saturated heterocycles. The van der Waals surface area contributed by atoms with Crippen LogP contribution in [0.3, 0.4) is 0 Å². The van der Waals surface area contributed by atoms with E-state index in [9.17, 15) is 9.59 Å². The predicted molar refractivity (Wildman–Crippen MR) is 137 cm³/mol. The first kappa shape index (κ1) is 22.2. The highest BCUT2D eigenvalue weighted by Gasteiger charge is 2.18. The van der Waals surface area contributed by atoms with Gasteiger partial charge in [-0.15, -0.1) is 0 Å². The number of hydrogen-bond acceptors (Lipinski definition) is 5. The number of morpholine rings is 1. The van der Waals surface area contributed by atoms with Crippen LogP contribution in [0.4, 0.5) is 0 Å². The largest absolute Gasteiger partial charge is 0.378 e. The maximum absolute atomic E-state index is 13.3. The van der Waals surface area contributed by atoms with E-state index >= 15 is 0 Å². The molecule has 0 spiro atoms. The van der Waals surface area contributed by atoms with Gasteiger partial charge >= 0.3 is 0 Å². The second kappa shape index (κ2) is 9.05. The van der Waals surface area contributed by atoms with Gasteiger partial charge in [0.25, 0.3) is 11.5 Å². The zero-order valence-corrected chi connectivity index (χ0v) is 19.9. The lowest BCUT2D eigenvalue weighted by atomic mass is 10.0. The van der Waals surface area contributed by atoms with Gasteiger partial charge in [0.2, 0.25) is 0 Å². The molecule has 0 atom stereocenters. The van der Waals surface area contributed by atoms with E-state index in [1.807, 2.05) is 71.1 Å². The van der Waals surface area contributed by atoms with Gasteiger partial charge in [-0.05, 0) is 47.7 Å². The van der Waals surface area contributed by atoms with E-state index in [-0.39, 0.29) is 11.5 Å². The van der Waals surface area contributed by atoms with Crippen molar-refractivity contribution in [3.63, 3.8) is 0 Å². The molecule has 1 aromatic carbocycles. The Labute approximate surface area is 207 Å². The van der Waals surface area contributed by atoms with Crippen molar-refractivity contribution in [1.29, 1.82) is 0 Å². The summed E-state index contributed by atoms with van der Waals surface area (Å²) in [5, 5.41) is 1.37. The third-order valence-corrected chi connectivity index (χ3v) is 6.62. The van der Waals surface area contributed by atoms with Crippen molar-refractivity contribution in [2.45, 2.75) is 13.5 Å². The summed E-state index contributed by atoms with van der Waals surface area (Å²) in [6, 6.07) is 13.4. The number of aromatic nitrogens is 4. The van der Waals surface area contributed by atoms with Crippen molar-refractivity contribution >= 4 is 22.3 Å². The Balaban J connectivity index is 1.30. The third kappa shape index (κ3) is 4.05. The second-order valence-electron chi connectivity index (χ2n) is 9.08. The number of benzene rings is 1. The summed E-state index contributed by atoms with van der Waals surface area (Å²) in [5.41, 5.74) is 5.08. The van der Waals surface area contributed by atoms with Crippen LogP contribution in [-0.2, 0) is 11.3 Å². The minimum absolute atomic E-state index is 0.00545. The Morgan fingerprint density at radius 2 is 1.78 bits per heavy atom. The van der Waals surface area contributed by atoms with Crippen LogP contribution in [0.25, 0.3) is 27.5 Å². The number of fused-ring (bicyclic) bond motifs is 2. The summed E-state index contributed by atoms with van der Waals surface area (Å²) in [6.45, 7) is 4.76. The van der Waals surface area contributed by atoms with Crippen molar-refractivity contribution in [2.24, 2.45) is 0 Å². The quantitative estimate of drug-likeness (QED) is 0.394. The maximum Gasteiger partial charge on any atom is 0.260 e. The van der Waals surface area contributed by atoms with Crippen molar-refractivity contribution in [2.75, 3.05) is 26.3 Å². The van der Waals surface area contributed by atoms with E-state index in [0.717, 1.165) is 33.4 Å². The van der Waals surface area contributed by atoms with Crippen LogP contribution in [0.15, 0.2) is 78.2 Å². The molecule has 0 radical (unpaired) electrons. The van der Waals surface area contributed by atoms with Gasteiger partial charge in [-0.25, -0.2) is 4.98 Å². The number of hydrogen-bond donors (Lipinski definition) is 0. The van der Waals surface area contributed by atoms with E-state index < -0.39 is 0 Å². The molecular weight excluding hydrogens is 454 g/mol. The fourth-order valence-corrected chi connectivity index (χ4v) is 4.71. The van der Waals surface area contributed by atoms with Gasteiger partial charge in [-0.3, -0.25) is 14.6 Å². The fraction of sp³-hybridized carbons (Fsp3) is 0.214. The van der Waals surface area contributed by atoms with E-state index in [2.05, 4.69) is 9.97 Å². The normalized spacial score (nSPS) is 14.0. The number of ether oxygens (including phenoxy) is 1. The molecule has 1 aliphatic heterocycles. The Hall–Kier alpha value is -4.30. The van der Waals surface area contributed by atoms with E-state index in [1.165, 1.54) is 0 Å². The summed E-state index contributed by atoms with van der Waals surface area (Å²) < 4.78 is 8.98. The van der Waals surface area contributed by atoms with Crippen LogP contribution in [0.5, 0.6) is 0 Å². The molecule has 8 heteroatoms. The Morgan fingerprint density at radius 1 is 0.972 bits per heavy atom. The molecule has 5 heterocycles. The predicted octanol–water partition coefficient (Wildman–Crippen LogP) is 3.54. The monoisotopic (exact) mass is 479 g/mol. The molecule has 1 aliphatic rings. The summed E-state index contributed by atoms with van der Waals surface area (Å²) in [5.74, 6) is 0.00545. The molecule has 0 unspecified atom stereocenters. The molecule has 5 aromatic rings. The minimum atomic E-state index is -0.116. The van der Waals surface area contributed by atoms with Crippen LogP contribution in [0.2, 0.25) is 0 Å². The first-order valence-corrected chi connectivity index (χ1v) is 12.0. The smallest absolute Gasteiger partial charge is 0.260 e. The van der Waals surface area contributed by atoms with E-state index in [1.54, 1.807) is 23.2 Å². The summed E-state index contributed by atoms with van der Waals surface area (Å²) in [4.78, 5) is 36.9. The van der Waals surface area contributed by atoms with Crippen molar-refractivity contribution in [1.82, 2.24) is 23.8 Å². The summed E-state index contributed by atoms with van der Waals surface area (Å²) >= 11 is 0. The lowest BCUT2D eigenvalue weighted by Crippen LogP contribution is -2.40. The number of carbonyl (C=O) groups excluding carboxylic acids is 1. The van der Waals surface area contributed by atoms with Gasteiger partial charge in [0.15, 0.2) is 0 Å². The van der Waals surface area contributed by atoms with Gasteiger partial charge in [0.05, 0.1) is 30.8 Å². The first-order valence-electron chi connectivity index (χ1n) is 12.0. The van der Waals surface area contributed by atoms with Gasteiger partial charge < -0.3 is 18.6 Å².